The number of hydrogen-bond donors (Lipinski definition) is 0. The number of aromatic nitrogens is 3. The minimum absolute atomic E-state index is 0.0627. The van der Waals surface area contributed by atoms with Crippen molar-refractivity contribution in [1.82, 2.24) is 24.6 Å². The second-order valence-corrected chi connectivity index (χ2v) is 11.8. The highest BCUT2D eigenvalue weighted by atomic mass is 32.2. The summed E-state index contributed by atoms with van der Waals surface area (Å²) in [7, 11) is 0. The fourth-order valence-electron chi connectivity index (χ4n) is 5.16. The Morgan fingerprint density at radius 3 is 2.42 bits per heavy atom. The number of furan rings is 1. The molecule has 2 aromatic heterocycles. The van der Waals surface area contributed by atoms with E-state index < -0.39 is 0 Å². The molecular formula is C31H43N5O3S. The number of benzene rings is 1. The van der Waals surface area contributed by atoms with Gasteiger partial charge in [0.2, 0.25) is 17.6 Å². The Labute approximate surface area is 242 Å². The van der Waals surface area contributed by atoms with Gasteiger partial charge in [-0.1, -0.05) is 68.5 Å². The molecule has 40 heavy (non-hydrogen) atoms. The van der Waals surface area contributed by atoms with Crippen LogP contribution in [0.25, 0.3) is 17.3 Å². The van der Waals surface area contributed by atoms with Crippen LogP contribution in [0.4, 0.5) is 0 Å². The van der Waals surface area contributed by atoms with Crippen LogP contribution in [0.5, 0.6) is 0 Å². The predicted octanol–water partition coefficient (Wildman–Crippen LogP) is 6.52. The largest absolute Gasteiger partial charge is 0.461 e. The number of hydrogen-bond acceptors (Lipinski definition) is 6. The highest BCUT2D eigenvalue weighted by Crippen LogP contribution is 2.29. The summed E-state index contributed by atoms with van der Waals surface area (Å²) in [5.74, 6) is 2.46. The first kappa shape index (κ1) is 29.9. The number of amides is 2. The molecule has 1 aromatic carbocycles. The van der Waals surface area contributed by atoms with Crippen LogP contribution >= 0.6 is 11.8 Å². The third-order valence-corrected chi connectivity index (χ3v) is 8.49. The van der Waals surface area contributed by atoms with Gasteiger partial charge < -0.3 is 14.2 Å². The zero-order valence-corrected chi connectivity index (χ0v) is 25.0. The lowest BCUT2D eigenvalue weighted by molar-refractivity contribution is -0.142. The predicted molar refractivity (Wildman–Crippen MR) is 160 cm³/mol. The standard InChI is InChI=1S/C31H43N5O3S/c1-4-5-6-7-8-9-13-29(38)35-20-19-34(23-25(35)3)28(37)14-11-22-40-31-33-32-30(27-12-10-21-39-27)36(31)26-17-15-24(2)16-18-26/h10,12,15-18,21,25H,4-9,11,13-14,19-20,22-23H2,1-3H3. The number of thioether (sulfide) groups is 1. The first-order valence-corrected chi connectivity index (χ1v) is 15.7. The van der Waals surface area contributed by atoms with Crippen LogP contribution in [-0.4, -0.2) is 67.8 Å². The Kier molecular flexibility index (Phi) is 11.3. The summed E-state index contributed by atoms with van der Waals surface area (Å²) in [4.78, 5) is 29.6. The topological polar surface area (TPSA) is 84.5 Å². The van der Waals surface area contributed by atoms with E-state index >= 15 is 0 Å². The van der Waals surface area contributed by atoms with E-state index in [-0.39, 0.29) is 17.9 Å². The lowest BCUT2D eigenvalue weighted by Crippen LogP contribution is -2.55. The molecule has 0 aliphatic carbocycles. The van der Waals surface area contributed by atoms with Gasteiger partial charge in [0.1, 0.15) is 0 Å². The van der Waals surface area contributed by atoms with E-state index in [2.05, 4.69) is 55.2 Å². The molecule has 0 radical (unpaired) electrons. The van der Waals surface area contributed by atoms with Crippen molar-refractivity contribution >= 4 is 23.6 Å². The quantitative estimate of drug-likeness (QED) is 0.163. The fourth-order valence-corrected chi connectivity index (χ4v) is 6.05. The Hall–Kier alpha value is -3.07. The highest BCUT2D eigenvalue weighted by molar-refractivity contribution is 7.99. The van der Waals surface area contributed by atoms with Crippen molar-refractivity contribution in [1.29, 1.82) is 0 Å². The number of aryl methyl sites for hydroxylation is 1. The molecule has 0 spiro atoms. The molecule has 1 saturated heterocycles. The summed E-state index contributed by atoms with van der Waals surface area (Å²) in [6.07, 6.45) is 10.6. The molecule has 216 valence electrons. The summed E-state index contributed by atoms with van der Waals surface area (Å²) in [6, 6.07) is 12.0. The number of rotatable bonds is 14. The van der Waals surface area contributed by atoms with Gasteiger partial charge in [-0.15, -0.1) is 10.2 Å². The summed E-state index contributed by atoms with van der Waals surface area (Å²) >= 11 is 1.60. The van der Waals surface area contributed by atoms with Crippen molar-refractivity contribution in [2.24, 2.45) is 0 Å². The summed E-state index contributed by atoms with van der Waals surface area (Å²) in [6.45, 7) is 8.20. The molecule has 3 aromatic rings. The summed E-state index contributed by atoms with van der Waals surface area (Å²) in [5, 5.41) is 9.61. The van der Waals surface area contributed by atoms with Gasteiger partial charge in [0.15, 0.2) is 10.9 Å². The van der Waals surface area contributed by atoms with Gasteiger partial charge in [-0.2, -0.15) is 0 Å². The van der Waals surface area contributed by atoms with Crippen LogP contribution < -0.4 is 0 Å². The first-order chi connectivity index (χ1) is 19.5. The smallest absolute Gasteiger partial charge is 0.222 e. The summed E-state index contributed by atoms with van der Waals surface area (Å²) < 4.78 is 7.61. The molecule has 4 rings (SSSR count). The van der Waals surface area contributed by atoms with Gasteiger partial charge in [-0.3, -0.25) is 14.2 Å². The maximum atomic E-state index is 13.0. The Balaban J connectivity index is 1.23. The lowest BCUT2D eigenvalue weighted by atomic mass is 10.1. The minimum Gasteiger partial charge on any atom is -0.461 e. The normalized spacial score (nSPS) is 15.5. The fraction of sp³-hybridized carbons (Fsp3) is 0.548. The zero-order valence-electron chi connectivity index (χ0n) is 24.2. The van der Waals surface area contributed by atoms with E-state index in [4.69, 9.17) is 4.42 Å². The molecule has 1 unspecified atom stereocenters. The molecule has 1 atom stereocenters. The van der Waals surface area contributed by atoms with Crippen LogP contribution in [0.2, 0.25) is 0 Å². The molecule has 0 N–H and O–H groups in total. The molecule has 2 amide bonds. The number of piperazine rings is 1. The summed E-state index contributed by atoms with van der Waals surface area (Å²) in [5.41, 5.74) is 2.15. The third kappa shape index (κ3) is 7.99. The average Bonchev–Trinajstić information content (AvgIpc) is 3.63. The van der Waals surface area contributed by atoms with Crippen LogP contribution in [-0.2, 0) is 9.59 Å². The number of carbonyl (C=O) groups is 2. The molecule has 1 fully saturated rings. The van der Waals surface area contributed by atoms with E-state index in [1.165, 1.54) is 31.2 Å². The van der Waals surface area contributed by atoms with Crippen LogP contribution in [0.1, 0.15) is 77.2 Å². The van der Waals surface area contributed by atoms with Gasteiger partial charge >= 0.3 is 0 Å². The van der Waals surface area contributed by atoms with Gasteiger partial charge in [0.05, 0.1) is 6.26 Å². The molecule has 9 heteroatoms. The average molecular weight is 566 g/mol. The second-order valence-electron chi connectivity index (χ2n) is 10.7. The number of carbonyl (C=O) groups excluding carboxylic acids is 2. The second kappa shape index (κ2) is 15.1. The SMILES string of the molecule is CCCCCCCCC(=O)N1CCN(C(=O)CCCSc2nnc(-c3ccco3)n2-c2ccc(C)cc2)CC1C. The Morgan fingerprint density at radius 1 is 0.950 bits per heavy atom. The molecular weight excluding hydrogens is 522 g/mol. The Morgan fingerprint density at radius 2 is 1.70 bits per heavy atom. The van der Waals surface area contributed by atoms with Crippen molar-refractivity contribution in [3.63, 3.8) is 0 Å². The van der Waals surface area contributed by atoms with Crippen molar-refractivity contribution in [2.75, 3.05) is 25.4 Å². The lowest BCUT2D eigenvalue weighted by Gasteiger charge is -2.40. The van der Waals surface area contributed by atoms with Crippen LogP contribution in [0.15, 0.2) is 52.2 Å². The molecule has 1 aliphatic heterocycles. The maximum absolute atomic E-state index is 13.0. The van der Waals surface area contributed by atoms with Crippen LogP contribution in [0, 0.1) is 6.92 Å². The molecule has 0 saturated carbocycles. The molecule has 1 aliphatic rings. The monoisotopic (exact) mass is 565 g/mol. The minimum atomic E-state index is 0.0627. The Bertz CT molecular complexity index is 1210. The molecule has 3 heterocycles. The molecule has 0 bridgehead atoms. The highest BCUT2D eigenvalue weighted by Gasteiger charge is 2.29. The number of unbranched alkanes of at least 4 members (excludes halogenated alkanes) is 5. The molecule has 8 nitrogen and oxygen atoms in total. The van der Waals surface area contributed by atoms with Crippen molar-refractivity contribution < 1.29 is 14.0 Å². The van der Waals surface area contributed by atoms with E-state index in [1.807, 2.05) is 26.5 Å². The maximum Gasteiger partial charge on any atom is 0.222 e. The van der Waals surface area contributed by atoms with Crippen molar-refractivity contribution in [2.45, 2.75) is 89.8 Å². The van der Waals surface area contributed by atoms with Crippen molar-refractivity contribution in [3.05, 3.63) is 48.2 Å². The van der Waals surface area contributed by atoms with E-state index in [9.17, 15) is 9.59 Å². The van der Waals surface area contributed by atoms with E-state index in [1.54, 1.807) is 18.0 Å². The van der Waals surface area contributed by atoms with E-state index in [0.29, 0.717) is 44.1 Å². The third-order valence-electron chi connectivity index (χ3n) is 7.48. The van der Waals surface area contributed by atoms with Gasteiger partial charge in [0, 0.05) is 50.0 Å². The first-order valence-electron chi connectivity index (χ1n) is 14.7. The van der Waals surface area contributed by atoms with Crippen LogP contribution in [0.3, 0.4) is 0 Å². The van der Waals surface area contributed by atoms with Gasteiger partial charge in [-0.25, -0.2) is 0 Å². The zero-order chi connectivity index (χ0) is 28.3. The van der Waals surface area contributed by atoms with E-state index in [0.717, 1.165) is 35.9 Å². The van der Waals surface area contributed by atoms with Crippen molar-refractivity contribution in [3.8, 4) is 17.3 Å². The van der Waals surface area contributed by atoms with Gasteiger partial charge in [0.25, 0.3) is 0 Å². The van der Waals surface area contributed by atoms with Gasteiger partial charge in [-0.05, 0) is 51.0 Å². The number of nitrogens with zero attached hydrogens (tertiary/aromatic N) is 5.